The summed E-state index contributed by atoms with van der Waals surface area (Å²) < 4.78 is 30.8. The number of carbonyl (C=O) groups is 1. The Morgan fingerprint density at radius 2 is 1.83 bits per heavy atom. The maximum Gasteiger partial charge on any atom is 0.272 e. The van der Waals surface area contributed by atoms with Gasteiger partial charge in [0.1, 0.15) is 5.69 Å². The molecule has 1 saturated heterocycles. The molecular weight excluding hydrogens is 388 g/mol. The van der Waals surface area contributed by atoms with Crippen LogP contribution >= 0.6 is 0 Å². The third-order valence-electron chi connectivity index (χ3n) is 6.11. The molecule has 0 saturated carbocycles. The standard InChI is InChI=1S/C23H19F2N3O2/c24-17-9-4-8-16(21(17)25)20(14-6-2-1-3-7-14)22-18-10-5-11-27(18)23(30)19-12-15(29)13-26-28(19)22/h1-4,6-9,12-13,18,20,22H,5,10-11H2/t18-,20-,22-/m1/s1. The number of rotatable bonds is 3. The Morgan fingerprint density at radius 1 is 1.03 bits per heavy atom. The molecule has 152 valence electrons. The van der Waals surface area contributed by atoms with E-state index >= 15 is 4.39 Å². The number of hydrogen-bond donors (Lipinski definition) is 0. The Hall–Kier alpha value is -3.35. The van der Waals surface area contributed by atoms with Gasteiger partial charge in [0.15, 0.2) is 11.6 Å². The van der Waals surface area contributed by atoms with E-state index in [0.717, 1.165) is 24.5 Å². The predicted molar refractivity (Wildman–Crippen MR) is 106 cm³/mol. The summed E-state index contributed by atoms with van der Waals surface area (Å²) in [6.07, 6.45) is 2.70. The van der Waals surface area contributed by atoms with Crippen LogP contribution in [-0.2, 0) is 0 Å². The van der Waals surface area contributed by atoms with Gasteiger partial charge in [0.2, 0.25) is 5.43 Å². The van der Waals surface area contributed by atoms with E-state index in [9.17, 15) is 14.0 Å². The fourth-order valence-electron chi connectivity index (χ4n) is 4.87. The lowest BCUT2D eigenvalue weighted by Crippen LogP contribution is -2.50. The van der Waals surface area contributed by atoms with Crippen LogP contribution in [0.3, 0.4) is 0 Å². The van der Waals surface area contributed by atoms with Gasteiger partial charge in [-0.05, 0) is 24.5 Å². The number of nitrogens with zero attached hydrogens (tertiary/aromatic N) is 3. The van der Waals surface area contributed by atoms with Gasteiger partial charge >= 0.3 is 0 Å². The first-order chi connectivity index (χ1) is 14.6. The highest BCUT2D eigenvalue weighted by Gasteiger charge is 2.47. The third kappa shape index (κ3) is 2.84. The summed E-state index contributed by atoms with van der Waals surface area (Å²) >= 11 is 0. The first kappa shape index (κ1) is 18.7. The fourth-order valence-corrected chi connectivity index (χ4v) is 4.87. The highest BCUT2D eigenvalue weighted by atomic mass is 19.2. The smallest absolute Gasteiger partial charge is 0.272 e. The molecule has 5 nitrogen and oxygen atoms in total. The molecule has 1 fully saturated rings. The van der Waals surface area contributed by atoms with E-state index in [-0.39, 0.29) is 28.6 Å². The Labute approximate surface area is 171 Å². The number of halogens is 2. The third-order valence-corrected chi connectivity index (χ3v) is 6.11. The summed E-state index contributed by atoms with van der Waals surface area (Å²) in [4.78, 5) is 26.7. The van der Waals surface area contributed by atoms with Crippen LogP contribution in [0.2, 0.25) is 0 Å². The van der Waals surface area contributed by atoms with Crippen LogP contribution in [0.4, 0.5) is 8.78 Å². The molecule has 0 radical (unpaired) electrons. The fraction of sp³-hybridized carbons (Fsp3) is 0.261. The van der Waals surface area contributed by atoms with Gasteiger partial charge < -0.3 is 4.90 Å². The van der Waals surface area contributed by atoms with Gasteiger partial charge in [-0.2, -0.15) is 5.10 Å². The number of aromatic nitrogens is 2. The Morgan fingerprint density at radius 3 is 2.63 bits per heavy atom. The second kappa shape index (κ2) is 7.16. The van der Waals surface area contributed by atoms with Crippen molar-refractivity contribution >= 4 is 5.91 Å². The summed E-state index contributed by atoms with van der Waals surface area (Å²) in [5.74, 6) is -2.66. The quantitative estimate of drug-likeness (QED) is 0.668. The van der Waals surface area contributed by atoms with Crippen molar-refractivity contribution in [3.8, 4) is 0 Å². The number of carbonyl (C=O) groups excluding carboxylic acids is 1. The van der Waals surface area contributed by atoms with Crippen molar-refractivity contribution in [2.24, 2.45) is 0 Å². The van der Waals surface area contributed by atoms with Crippen molar-refractivity contribution in [2.75, 3.05) is 6.54 Å². The number of hydrogen-bond acceptors (Lipinski definition) is 3. The molecule has 5 rings (SSSR count). The van der Waals surface area contributed by atoms with Crippen LogP contribution in [0.1, 0.15) is 46.4 Å². The summed E-state index contributed by atoms with van der Waals surface area (Å²) in [7, 11) is 0. The van der Waals surface area contributed by atoms with Crippen molar-refractivity contribution in [1.82, 2.24) is 14.7 Å². The van der Waals surface area contributed by atoms with Crippen molar-refractivity contribution in [2.45, 2.75) is 30.8 Å². The second-order valence-corrected chi connectivity index (χ2v) is 7.75. The largest absolute Gasteiger partial charge is 0.332 e. The SMILES string of the molecule is O=C1c2cc(=O)cnn2[C@@H]([C@H](c2ccccc2)c2cccc(F)c2F)[C@H]2CCCN12. The number of benzene rings is 2. The molecule has 3 atom stereocenters. The Bertz CT molecular complexity index is 1180. The lowest BCUT2D eigenvalue weighted by atomic mass is 9.79. The van der Waals surface area contributed by atoms with E-state index in [2.05, 4.69) is 5.10 Å². The molecule has 0 bridgehead atoms. The monoisotopic (exact) mass is 407 g/mol. The van der Waals surface area contributed by atoms with Gasteiger partial charge in [-0.3, -0.25) is 14.3 Å². The van der Waals surface area contributed by atoms with Crippen LogP contribution < -0.4 is 5.43 Å². The van der Waals surface area contributed by atoms with Gasteiger partial charge in [0.05, 0.1) is 18.3 Å². The molecule has 0 unspecified atom stereocenters. The van der Waals surface area contributed by atoms with E-state index in [4.69, 9.17) is 0 Å². The molecule has 30 heavy (non-hydrogen) atoms. The summed E-state index contributed by atoms with van der Waals surface area (Å²) in [5, 5.41) is 4.28. The van der Waals surface area contributed by atoms with E-state index in [0.29, 0.717) is 6.54 Å². The molecular formula is C23H19F2N3O2. The zero-order valence-electron chi connectivity index (χ0n) is 16.0. The van der Waals surface area contributed by atoms with E-state index in [1.54, 1.807) is 11.0 Å². The van der Waals surface area contributed by atoms with E-state index in [1.807, 2.05) is 30.3 Å². The van der Waals surface area contributed by atoms with Gasteiger partial charge in [-0.25, -0.2) is 8.78 Å². The van der Waals surface area contributed by atoms with Gasteiger partial charge in [0, 0.05) is 24.1 Å². The maximum absolute atomic E-state index is 15.0. The summed E-state index contributed by atoms with van der Waals surface area (Å²) in [6.45, 7) is 0.566. The molecule has 1 aromatic heterocycles. The minimum absolute atomic E-state index is 0.184. The molecule has 2 aliphatic heterocycles. The van der Waals surface area contributed by atoms with Crippen molar-refractivity contribution in [3.63, 3.8) is 0 Å². The molecule has 0 aliphatic carbocycles. The van der Waals surface area contributed by atoms with Crippen molar-refractivity contribution in [3.05, 3.63) is 99.5 Å². The van der Waals surface area contributed by atoms with Gasteiger partial charge in [-0.15, -0.1) is 0 Å². The van der Waals surface area contributed by atoms with Gasteiger partial charge in [0.25, 0.3) is 5.91 Å². The summed E-state index contributed by atoms with van der Waals surface area (Å²) in [6, 6.07) is 14.0. The molecule has 3 aromatic rings. The first-order valence-corrected chi connectivity index (χ1v) is 9.95. The molecule has 2 aliphatic rings. The van der Waals surface area contributed by atoms with Crippen LogP contribution in [0.25, 0.3) is 0 Å². The molecule has 0 N–H and O–H groups in total. The average molecular weight is 407 g/mol. The lowest BCUT2D eigenvalue weighted by Gasteiger charge is -2.42. The molecule has 2 aromatic carbocycles. The van der Waals surface area contributed by atoms with Gasteiger partial charge in [-0.1, -0.05) is 42.5 Å². The van der Waals surface area contributed by atoms with Crippen LogP contribution in [-0.4, -0.2) is 33.2 Å². The molecule has 7 heteroatoms. The Balaban J connectivity index is 1.78. The number of amides is 1. The van der Waals surface area contributed by atoms with Crippen LogP contribution in [0.5, 0.6) is 0 Å². The summed E-state index contributed by atoms with van der Waals surface area (Å²) in [5.41, 5.74) is 0.820. The highest BCUT2D eigenvalue weighted by Crippen LogP contribution is 2.45. The minimum Gasteiger partial charge on any atom is -0.332 e. The van der Waals surface area contributed by atoms with Crippen LogP contribution in [0.15, 0.2) is 65.6 Å². The maximum atomic E-state index is 15.0. The topological polar surface area (TPSA) is 55.2 Å². The Kier molecular flexibility index (Phi) is 4.46. The molecule has 1 amide bonds. The number of fused-ring (bicyclic) bond motifs is 2. The van der Waals surface area contributed by atoms with Crippen molar-refractivity contribution in [1.29, 1.82) is 0 Å². The minimum atomic E-state index is -0.920. The zero-order valence-corrected chi connectivity index (χ0v) is 16.0. The average Bonchev–Trinajstić information content (AvgIpc) is 3.24. The lowest BCUT2D eigenvalue weighted by molar-refractivity contribution is 0.0571. The highest BCUT2D eigenvalue weighted by molar-refractivity contribution is 5.93. The first-order valence-electron chi connectivity index (χ1n) is 9.95. The zero-order chi connectivity index (χ0) is 20.8. The molecule has 3 heterocycles. The molecule has 0 spiro atoms. The second-order valence-electron chi connectivity index (χ2n) is 7.75. The van der Waals surface area contributed by atoms with E-state index < -0.39 is 23.6 Å². The normalized spacial score (nSPS) is 21.3. The predicted octanol–water partition coefficient (Wildman–Crippen LogP) is 3.51. The van der Waals surface area contributed by atoms with Crippen molar-refractivity contribution < 1.29 is 13.6 Å². The van der Waals surface area contributed by atoms with E-state index in [1.165, 1.54) is 23.0 Å². The van der Waals surface area contributed by atoms with Crippen LogP contribution in [0, 0.1) is 11.6 Å².